The summed E-state index contributed by atoms with van der Waals surface area (Å²) in [6.07, 6.45) is 0. The van der Waals surface area contributed by atoms with Gasteiger partial charge in [0.05, 0.1) is 0 Å². The molecule has 1 N–H and O–H groups in total. The molecule has 0 spiro atoms. The van der Waals surface area contributed by atoms with E-state index in [9.17, 15) is 0 Å². The summed E-state index contributed by atoms with van der Waals surface area (Å²) in [5, 5.41) is 8.66. The fourth-order valence-electron chi connectivity index (χ4n) is 1.84. The zero-order valence-electron chi connectivity index (χ0n) is 9.98. The number of rotatable bonds is 4. The lowest BCUT2D eigenvalue weighted by Crippen LogP contribution is -2.22. The lowest BCUT2D eigenvalue weighted by molar-refractivity contribution is 0.495. The van der Waals surface area contributed by atoms with Crippen LogP contribution in [-0.4, -0.2) is 0 Å². The van der Waals surface area contributed by atoms with Gasteiger partial charge in [-0.3, -0.25) is 0 Å². The molecule has 0 amide bonds. The summed E-state index contributed by atoms with van der Waals surface area (Å²) in [5.74, 6) is 0. The molecule has 1 aromatic carbocycles. The van der Waals surface area contributed by atoms with Crippen LogP contribution in [0.2, 0.25) is 5.02 Å². The molecule has 0 saturated carbocycles. The zero-order valence-corrected chi connectivity index (χ0v) is 11.6. The van der Waals surface area contributed by atoms with Crippen molar-refractivity contribution in [2.24, 2.45) is 0 Å². The van der Waals surface area contributed by atoms with Gasteiger partial charge in [0, 0.05) is 17.1 Å². The number of nitrogens with one attached hydrogen (secondary N) is 1. The Kier molecular flexibility index (Phi) is 4.21. The first-order valence-electron chi connectivity index (χ1n) is 5.70. The van der Waals surface area contributed by atoms with Crippen LogP contribution in [0.5, 0.6) is 0 Å². The van der Waals surface area contributed by atoms with Gasteiger partial charge >= 0.3 is 0 Å². The molecule has 0 bridgehead atoms. The first-order chi connectivity index (χ1) is 8.16. The third kappa shape index (κ3) is 3.32. The monoisotopic (exact) mass is 265 g/mol. The van der Waals surface area contributed by atoms with Crippen LogP contribution in [0, 0.1) is 0 Å². The van der Waals surface area contributed by atoms with Crippen LogP contribution < -0.4 is 5.32 Å². The van der Waals surface area contributed by atoms with Crippen LogP contribution in [0.25, 0.3) is 0 Å². The summed E-state index contributed by atoms with van der Waals surface area (Å²) in [6, 6.07) is 10.9. The number of benzene rings is 1. The van der Waals surface area contributed by atoms with Gasteiger partial charge in [0.25, 0.3) is 0 Å². The van der Waals surface area contributed by atoms with E-state index in [1.807, 2.05) is 12.1 Å². The minimum Gasteiger partial charge on any atom is -0.304 e. The van der Waals surface area contributed by atoms with E-state index in [1.165, 1.54) is 11.1 Å². The van der Waals surface area contributed by atoms with Gasteiger partial charge in [0.15, 0.2) is 0 Å². The molecule has 0 saturated heterocycles. The second kappa shape index (κ2) is 5.67. The van der Waals surface area contributed by atoms with E-state index >= 15 is 0 Å². The predicted molar refractivity (Wildman–Crippen MR) is 75.7 cm³/mol. The summed E-state index contributed by atoms with van der Waals surface area (Å²) in [4.78, 5) is 0. The molecule has 0 fully saturated rings. The Bertz CT molecular complexity index is 450. The van der Waals surface area contributed by atoms with E-state index in [0.717, 1.165) is 5.02 Å². The fourth-order valence-corrected chi connectivity index (χ4v) is 2.72. The molecule has 3 heteroatoms. The molecule has 17 heavy (non-hydrogen) atoms. The second-order valence-corrected chi connectivity index (χ2v) is 5.43. The maximum Gasteiger partial charge on any atom is 0.0406 e. The largest absolute Gasteiger partial charge is 0.304 e. The van der Waals surface area contributed by atoms with Crippen LogP contribution in [0.1, 0.15) is 37.1 Å². The molecule has 1 aromatic heterocycles. The molecular weight excluding hydrogens is 250 g/mol. The Labute approximate surface area is 111 Å². The highest BCUT2D eigenvalue weighted by Crippen LogP contribution is 2.22. The first-order valence-corrected chi connectivity index (χ1v) is 7.02. The normalized spacial score (nSPS) is 14.5. The van der Waals surface area contributed by atoms with Crippen molar-refractivity contribution in [1.29, 1.82) is 0 Å². The zero-order chi connectivity index (χ0) is 12.3. The SMILES string of the molecule is CC(N[C@H](C)c1ccc(Cl)cc1)c1ccsc1. The van der Waals surface area contributed by atoms with Crippen LogP contribution >= 0.6 is 22.9 Å². The van der Waals surface area contributed by atoms with Crippen molar-refractivity contribution in [3.8, 4) is 0 Å². The molecular formula is C14H16ClNS. The summed E-state index contributed by atoms with van der Waals surface area (Å²) < 4.78 is 0. The van der Waals surface area contributed by atoms with Crippen molar-refractivity contribution in [1.82, 2.24) is 5.32 Å². The van der Waals surface area contributed by atoms with Gasteiger partial charge in [-0.2, -0.15) is 11.3 Å². The van der Waals surface area contributed by atoms with E-state index < -0.39 is 0 Å². The van der Waals surface area contributed by atoms with Crippen molar-refractivity contribution in [2.45, 2.75) is 25.9 Å². The molecule has 1 unspecified atom stereocenters. The topological polar surface area (TPSA) is 12.0 Å². The third-order valence-electron chi connectivity index (χ3n) is 2.91. The molecule has 2 rings (SSSR count). The predicted octanol–water partition coefficient (Wildman–Crippen LogP) is 4.81. The van der Waals surface area contributed by atoms with Crippen molar-refractivity contribution >= 4 is 22.9 Å². The minimum atomic E-state index is 0.321. The van der Waals surface area contributed by atoms with Crippen molar-refractivity contribution < 1.29 is 0 Å². The molecule has 0 aliphatic carbocycles. The summed E-state index contributed by atoms with van der Waals surface area (Å²) in [5.41, 5.74) is 2.60. The standard InChI is InChI=1S/C14H16ClNS/c1-10(12-3-5-14(15)6-4-12)16-11(2)13-7-8-17-9-13/h3-11,16H,1-2H3/t10-,11?/m1/s1. The number of halogens is 1. The highest BCUT2D eigenvalue weighted by molar-refractivity contribution is 7.07. The van der Waals surface area contributed by atoms with E-state index in [2.05, 4.69) is 48.1 Å². The lowest BCUT2D eigenvalue weighted by Gasteiger charge is -2.19. The van der Waals surface area contributed by atoms with E-state index in [1.54, 1.807) is 11.3 Å². The first kappa shape index (κ1) is 12.6. The van der Waals surface area contributed by atoms with Gasteiger partial charge in [-0.25, -0.2) is 0 Å². The van der Waals surface area contributed by atoms with E-state index in [4.69, 9.17) is 11.6 Å². The van der Waals surface area contributed by atoms with Gasteiger partial charge in [0.1, 0.15) is 0 Å². The molecule has 2 aromatic rings. The second-order valence-electron chi connectivity index (χ2n) is 4.22. The van der Waals surface area contributed by atoms with Gasteiger partial charge < -0.3 is 5.32 Å². The van der Waals surface area contributed by atoms with Gasteiger partial charge in [-0.05, 0) is 53.9 Å². The Morgan fingerprint density at radius 3 is 2.24 bits per heavy atom. The number of hydrogen-bond donors (Lipinski definition) is 1. The highest BCUT2D eigenvalue weighted by Gasteiger charge is 2.11. The summed E-state index contributed by atoms with van der Waals surface area (Å²) in [7, 11) is 0. The van der Waals surface area contributed by atoms with Crippen LogP contribution in [0.3, 0.4) is 0 Å². The molecule has 1 heterocycles. The van der Waals surface area contributed by atoms with Gasteiger partial charge in [0.2, 0.25) is 0 Å². The van der Waals surface area contributed by atoms with Crippen molar-refractivity contribution in [3.63, 3.8) is 0 Å². The molecule has 90 valence electrons. The smallest absolute Gasteiger partial charge is 0.0406 e. The van der Waals surface area contributed by atoms with E-state index in [0.29, 0.717) is 12.1 Å². The quantitative estimate of drug-likeness (QED) is 0.836. The Morgan fingerprint density at radius 1 is 1.00 bits per heavy atom. The Balaban J connectivity index is 2.01. The summed E-state index contributed by atoms with van der Waals surface area (Å²) in [6.45, 7) is 4.36. The maximum absolute atomic E-state index is 5.88. The molecule has 0 aliphatic rings. The molecule has 2 atom stereocenters. The Hall–Kier alpha value is -0.830. The van der Waals surface area contributed by atoms with Gasteiger partial charge in [-0.15, -0.1) is 0 Å². The average molecular weight is 266 g/mol. The molecule has 0 radical (unpaired) electrons. The summed E-state index contributed by atoms with van der Waals surface area (Å²) >= 11 is 7.62. The number of thiophene rings is 1. The molecule has 0 aliphatic heterocycles. The highest BCUT2D eigenvalue weighted by atomic mass is 35.5. The lowest BCUT2D eigenvalue weighted by atomic mass is 10.1. The third-order valence-corrected chi connectivity index (χ3v) is 3.87. The average Bonchev–Trinajstić information content (AvgIpc) is 2.83. The van der Waals surface area contributed by atoms with Crippen LogP contribution in [-0.2, 0) is 0 Å². The maximum atomic E-state index is 5.88. The molecule has 1 nitrogen and oxygen atoms in total. The van der Waals surface area contributed by atoms with Crippen molar-refractivity contribution in [3.05, 3.63) is 57.2 Å². The van der Waals surface area contributed by atoms with Gasteiger partial charge in [-0.1, -0.05) is 23.7 Å². The van der Waals surface area contributed by atoms with Crippen LogP contribution in [0.4, 0.5) is 0 Å². The van der Waals surface area contributed by atoms with E-state index in [-0.39, 0.29) is 0 Å². The minimum absolute atomic E-state index is 0.321. The fraction of sp³-hybridized carbons (Fsp3) is 0.286. The van der Waals surface area contributed by atoms with Crippen molar-refractivity contribution in [2.75, 3.05) is 0 Å². The Morgan fingerprint density at radius 2 is 1.65 bits per heavy atom. The van der Waals surface area contributed by atoms with Crippen LogP contribution in [0.15, 0.2) is 41.1 Å². The number of hydrogen-bond acceptors (Lipinski definition) is 2.